The normalized spacial score (nSPS) is 21.4. The number of rotatable bonds is 1. The molecule has 1 saturated heterocycles. The summed E-state index contributed by atoms with van der Waals surface area (Å²) in [5.41, 5.74) is 0. The Hall–Kier alpha value is -1.02. The van der Waals surface area contributed by atoms with Gasteiger partial charge in [0.15, 0.2) is 9.84 Å². The van der Waals surface area contributed by atoms with E-state index in [9.17, 15) is 13.2 Å². The third-order valence-electron chi connectivity index (χ3n) is 1.38. The average Bonchev–Trinajstić information content (AvgIpc) is 1.83. The molecule has 0 aliphatic carbocycles. The smallest absolute Gasteiger partial charge is 0.295 e. The van der Waals surface area contributed by atoms with Gasteiger partial charge in [0.2, 0.25) is 0 Å². The minimum Gasteiger partial charge on any atom is -0.340 e. The van der Waals surface area contributed by atoms with Crippen LogP contribution in [0.25, 0.3) is 0 Å². The van der Waals surface area contributed by atoms with E-state index in [1.54, 1.807) is 0 Å². The predicted molar refractivity (Wildman–Crippen MR) is 39.4 cm³/mol. The Morgan fingerprint density at radius 3 is 2.45 bits per heavy atom. The quantitative estimate of drug-likeness (QED) is 0.492. The van der Waals surface area contributed by atoms with Crippen LogP contribution >= 0.6 is 0 Å². The second-order valence-electron chi connectivity index (χ2n) is 2.39. The lowest BCUT2D eigenvalue weighted by atomic mass is 10.3. The van der Waals surface area contributed by atoms with Crippen molar-refractivity contribution < 1.29 is 13.2 Å². The van der Waals surface area contributed by atoms with Crippen molar-refractivity contribution in [1.82, 2.24) is 5.32 Å². The topological polar surface area (TPSA) is 63.2 Å². The number of hydrogen-bond acceptors (Lipinski definition) is 3. The molecule has 60 valence electrons. The molecule has 1 aliphatic rings. The number of terminal acetylenes is 1. The van der Waals surface area contributed by atoms with E-state index in [0.29, 0.717) is 0 Å². The van der Waals surface area contributed by atoms with Gasteiger partial charge in [-0.15, -0.1) is 6.42 Å². The van der Waals surface area contributed by atoms with Crippen molar-refractivity contribution in [3.63, 3.8) is 0 Å². The first-order valence-corrected chi connectivity index (χ1v) is 4.83. The fourth-order valence-corrected chi connectivity index (χ4v) is 2.17. The zero-order valence-corrected chi connectivity index (χ0v) is 6.52. The van der Waals surface area contributed by atoms with Gasteiger partial charge >= 0.3 is 0 Å². The predicted octanol–water partition coefficient (Wildman–Crippen LogP) is -1.47. The number of nitrogens with one attached hydrogen (secondary N) is 1. The highest BCUT2D eigenvalue weighted by Gasteiger charge is 2.33. The molecule has 0 saturated carbocycles. The molecule has 0 spiro atoms. The van der Waals surface area contributed by atoms with Crippen LogP contribution in [0.4, 0.5) is 0 Å². The maximum atomic E-state index is 10.6. The van der Waals surface area contributed by atoms with Crippen LogP contribution in [0.3, 0.4) is 0 Å². The second-order valence-corrected chi connectivity index (χ2v) is 4.55. The van der Waals surface area contributed by atoms with Gasteiger partial charge in [-0.2, -0.15) is 0 Å². The van der Waals surface area contributed by atoms with E-state index in [1.165, 1.54) is 0 Å². The highest BCUT2D eigenvalue weighted by Crippen LogP contribution is 2.09. The standard InChI is InChI=1S/C6H7NO3S/c1-2-6(8)7-5-3-11(9,10)4-5/h1,5H,3-4H2,(H,7,8). The van der Waals surface area contributed by atoms with Gasteiger partial charge in [-0.1, -0.05) is 0 Å². The van der Waals surface area contributed by atoms with Gasteiger partial charge in [0.05, 0.1) is 17.5 Å². The number of carbonyl (C=O) groups excluding carboxylic acids is 1. The minimum absolute atomic E-state index is 0.0143. The van der Waals surface area contributed by atoms with Crippen LogP contribution in [0.2, 0.25) is 0 Å². The number of carbonyl (C=O) groups is 1. The lowest BCUT2D eigenvalue weighted by molar-refractivity contribution is -0.116. The molecule has 11 heavy (non-hydrogen) atoms. The Morgan fingerprint density at radius 1 is 1.55 bits per heavy atom. The number of sulfone groups is 1. The SMILES string of the molecule is C#CC(=O)NC1CS(=O)(=O)C1. The Labute approximate surface area is 64.9 Å². The average molecular weight is 173 g/mol. The van der Waals surface area contributed by atoms with E-state index in [2.05, 4.69) is 5.32 Å². The second kappa shape index (κ2) is 2.55. The fourth-order valence-electron chi connectivity index (χ4n) is 0.875. The molecule has 1 fully saturated rings. The van der Waals surface area contributed by atoms with Crippen molar-refractivity contribution >= 4 is 15.7 Å². The molecule has 1 heterocycles. The maximum Gasteiger partial charge on any atom is 0.295 e. The summed E-state index contributed by atoms with van der Waals surface area (Å²) in [4.78, 5) is 10.5. The summed E-state index contributed by atoms with van der Waals surface area (Å²) in [5.74, 6) is 1.32. The van der Waals surface area contributed by atoms with Crippen LogP contribution in [-0.2, 0) is 14.6 Å². The molecule has 1 rings (SSSR count). The van der Waals surface area contributed by atoms with Crippen molar-refractivity contribution in [3.8, 4) is 12.3 Å². The summed E-state index contributed by atoms with van der Waals surface area (Å²) in [6.07, 6.45) is 4.76. The Balaban J connectivity index is 2.37. The van der Waals surface area contributed by atoms with Crippen LogP contribution in [0.5, 0.6) is 0 Å². The van der Waals surface area contributed by atoms with E-state index >= 15 is 0 Å². The molecule has 1 aliphatic heterocycles. The molecule has 5 heteroatoms. The molecule has 0 bridgehead atoms. The Morgan fingerprint density at radius 2 is 2.09 bits per heavy atom. The van der Waals surface area contributed by atoms with Gasteiger partial charge < -0.3 is 5.32 Å². The van der Waals surface area contributed by atoms with Gasteiger partial charge in [0.1, 0.15) is 0 Å². The molecule has 0 aromatic rings. The van der Waals surface area contributed by atoms with Crippen molar-refractivity contribution in [2.75, 3.05) is 11.5 Å². The molecular weight excluding hydrogens is 166 g/mol. The zero-order chi connectivity index (χ0) is 8.48. The first-order valence-electron chi connectivity index (χ1n) is 3.01. The van der Waals surface area contributed by atoms with E-state index in [-0.39, 0.29) is 17.5 Å². The number of amides is 1. The van der Waals surface area contributed by atoms with Crippen molar-refractivity contribution in [1.29, 1.82) is 0 Å². The summed E-state index contributed by atoms with van der Waals surface area (Å²) in [7, 11) is -2.87. The van der Waals surface area contributed by atoms with E-state index in [0.717, 1.165) is 0 Å². The number of hydrogen-bond donors (Lipinski definition) is 1. The third-order valence-corrected chi connectivity index (χ3v) is 3.20. The summed E-state index contributed by atoms with van der Waals surface area (Å²) in [5, 5.41) is 2.37. The summed E-state index contributed by atoms with van der Waals surface area (Å²) < 4.78 is 21.1. The van der Waals surface area contributed by atoms with Crippen molar-refractivity contribution in [3.05, 3.63) is 0 Å². The van der Waals surface area contributed by atoms with E-state index < -0.39 is 15.7 Å². The Bertz CT molecular complexity index is 299. The first-order chi connectivity index (χ1) is 5.03. The molecule has 0 radical (unpaired) electrons. The van der Waals surface area contributed by atoms with Gasteiger partial charge in [-0.3, -0.25) is 4.79 Å². The largest absolute Gasteiger partial charge is 0.340 e. The minimum atomic E-state index is -2.87. The van der Waals surface area contributed by atoms with Gasteiger partial charge in [0, 0.05) is 0 Å². The molecular formula is C6H7NO3S. The Kier molecular flexibility index (Phi) is 1.87. The molecule has 0 atom stereocenters. The fraction of sp³-hybridized carbons (Fsp3) is 0.500. The highest BCUT2D eigenvalue weighted by molar-refractivity contribution is 7.92. The third kappa shape index (κ3) is 1.95. The van der Waals surface area contributed by atoms with E-state index in [1.807, 2.05) is 5.92 Å². The van der Waals surface area contributed by atoms with Crippen LogP contribution in [0, 0.1) is 12.3 Å². The molecule has 1 amide bonds. The van der Waals surface area contributed by atoms with Crippen LogP contribution in [-0.4, -0.2) is 31.9 Å². The lowest BCUT2D eigenvalue weighted by Gasteiger charge is -2.25. The van der Waals surface area contributed by atoms with Crippen LogP contribution in [0.1, 0.15) is 0 Å². The summed E-state index contributed by atoms with van der Waals surface area (Å²) in [6.45, 7) is 0. The molecule has 0 unspecified atom stereocenters. The summed E-state index contributed by atoms with van der Waals surface area (Å²) >= 11 is 0. The first kappa shape index (κ1) is 8.08. The lowest BCUT2D eigenvalue weighted by Crippen LogP contribution is -2.52. The molecule has 4 nitrogen and oxygen atoms in total. The van der Waals surface area contributed by atoms with Crippen molar-refractivity contribution in [2.45, 2.75) is 6.04 Å². The van der Waals surface area contributed by atoms with Gasteiger partial charge in [-0.05, 0) is 5.92 Å². The van der Waals surface area contributed by atoms with Gasteiger partial charge in [0.25, 0.3) is 5.91 Å². The molecule has 0 aromatic heterocycles. The van der Waals surface area contributed by atoms with Gasteiger partial charge in [-0.25, -0.2) is 8.42 Å². The molecule has 1 N–H and O–H groups in total. The highest BCUT2D eigenvalue weighted by atomic mass is 32.2. The maximum absolute atomic E-state index is 10.6. The molecule has 0 aromatic carbocycles. The monoisotopic (exact) mass is 173 g/mol. The zero-order valence-electron chi connectivity index (χ0n) is 5.70. The van der Waals surface area contributed by atoms with Crippen LogP contribution in [0.15, 0.2) is 0 Å². The van der Waals surface area contributed by atoms with Crippen molar-refractivity contribution in [2.24, 2.45) is 0 Å². The summed E-state index contributed by atoms with van der Waals surface area (Å²) in [6, 6.07) is -0.274. The van der Waals surface area contributed by atoms with E-state index in [4.69, 9.17) is 6.42 Å². The van der Waals surface area contributed by atoms with Crippen LogP contribution < -0.4 is 5.32 Å².